The summed E-state index contributed by atoms with van der Waals surface area (Å²) in [6.45, 7) is 0.203. The quantitative estimate of drug-likeness (QED) is 0.159. The molecule has 4 aromatic rings. The van der Waals surface area contributed by atoms with Crippen molar-refractivity contribution < 1.29 is 22.4 Å². The molecule has 190 valence electrons. The molecule has 0 aliphatic carbocycles. The Hall–Kier alpha value is -4.74. The van der Waals surface area contributed by atoms with Gasteiger partial charge in [0.1, 0.15) is 11.7 Å². The van der Waals surface area contributed by atoms with Gasteiger partial charge < -0.3 is 16.4 Å². The number of nitrogens with two attached hydrogens (primary N) is 1. The monoisotopic (exact) mass is 511 g/mol. The van der Waals surface area contributed by atoms with Crippen molar-refractivity contribution in [2.24, 2.45) is 4.99 Å². The number of nitrogen functional groups attached to an aromatic ring is 1. The van der Waals surface area contributed by atoms with E-state index in [4.69, 9.17) is 5.73 Å². The Morgan fingerprint density at radius 1 is 1.08 bits per heavy atom. The van der Waals surface area contributed by atoms with E-state index < -0.39 is 17.9 Å². The third kappa shape index (κ3) is 7.13. The van der Waals surface area contributed by atoms with E-state index in [1.165, 1.54) is 24.3 Å². The van der Waals surface area contributed by atoms with Crippen LogP contribution in [0.15, 0.2) is 78.1 Å². The zero-order valence-corrected chi connectivity index (χ0v) is 19.2. The van der Waals surface area contributed by atoms with Crippen LogP contribution in [0.1, 0.15) is 12.0 Å². The van der Waals surface area contributed by atoms with Gasteiger partial charge in [0.2, 0.25) is 5.91 Å². The number of hydrogen-bond acceptors (Lipinski definition) is 5. The summed E-state index contributed by atoms with van der Waals surface area (Å²) >= 11 is 0. The number of carbonyl (C=O) groups is 1. The number of aliphatic imine (C=N–C) groups is 1. The van der Waals surface area contributed by atoms with Crippen molar-refractivity contribution in [1.82, 2.24) is 20.5 Å². The van der Waals surface area contributed by atoms with Crippen molar-refractivity contribution in [2.75, 3.05) is 11.1 Å². The third-order valence-corrected chi connectivity index (χ3v) is 5.18. The molecule has 1 amide bonds. The van der Waals surface area contributed by atoms with Crippen molar-refractivity contribution in [2.45, 2.75) is 19.1 Å². The number of benzene rings is 2. The summed E-state index contributed by atoms with van der Waals surface area (Å²) in [6.07, 6.45) is -2.62. The molecule has 0 bridgehead atoms. The molecule has 0 saturated carbocycles. The van der Waals surface area contributed by atoms with Gasteiger partial charge in [-0.05, 0) is 41.5 Å². The molecule has 2 aromatic heterocycles. The van der Waals surface area contributed by atoms with Crippen LogP contribution in [0.3, 0.4) is 0 Å². The van der Waals surface area contributed by atoms with Crippen LogP contribution < -0.4 is 16.4 Å². The van der Waals surface area contributed by atoms with Crippen molar-refractivity contribution in [1.29, 1.82) is 0 Å². The summed E-state index contributed by atoms with van der Waals surface area (Å²) in [4.78, 5) is 20.5. The predicted molar refractivity (Wildman–Crippen MR) is 133 cm³/mol. The van der Waals surface area contributed by atoms with Gasteiger partial charge in [-0.1, -0.05) is 24.3 Å². The Kier molecular flexibility index (Phi) is 7.47. The van der Waals surface area contributed by atoms with E-state index in [1.807, 2.05) is 30.3 Å². The topological polar surface area (TPSA) is 121 Å². The largest absolute Gasteiger partial charge is 0.411 e. The minimum atomic E-state index is -4.54. The van der Waals surface area contributed by atoms with E-state index in [1.54, 1.807) is 6.20 Å². The van der Waals surface area contributed by atoms with Gasteiger partial charge in [0.05, 0.1) is 11.8 Å². The molecule has 0 spiro atoms. The molecule has 2 heterocycles. The number of alkyl halides is 3. The highest BCUT2D eigenvalue weighted by Gasteiger charge is 2.21. The molecule has 8 nitrogen and oxygen atoms in total. The molecule has 5 N–H and O–H groups in total. The Bertz CT molecular complexity index is 1440. The average molecular weight is 511 g/mol. The lowest BCUT2D eigenvalue weighted by Crippen LogP contribution is -2.28. The van der Waals surface area contributed by atoms with E-state index in [0.29, 0.717) is 28.7 Å². The number of rotatable bonds is 7. The van der Waals surface area contributed by atoms with Crippen LogP contribution in [0.4, 0.5) is 29.1 Å². The van der Waals surface area contributed by atoms with Crippen molar-refractivity contribution in [3.63, 3.8) is 0 Å². The second-order valence-corrected chi connectivity index (χ2v) is 7.94. The summed E-state index contributed by atoms with van der Waals surface area (Å²) in [6, 6.07) is 14.3. The van der Waals surface area contributed by atoms with Gasteiger partial charge in [0.25, 0.3) is 0 Å². The molecule has 12 heteroatoms. The molecule has 0 aliphatic rings. The molecule has 0 atom stereocenters. The van der Waals surface area contributed by atoms with E-state index in [9.17, 15) is 22.4 Å². The van der Waals surface area contributed by atoms with Gasteiger partial charge in [-0.3, -0.25) is 9.89 Å². The molecule has 0 radical (unpaired) electrons. The molecule has 37 heavy (non-hydrogen) atoms. The number of fused-ring (bicyclic) bond motifs is 1. The Morgan fingerprint density at radius 3 is 2.51 bits per heavy atom. The van der Waals surface area contributed by atoms with Gasteiger partial charge in [-0.25, -0.2) is 14.4 Å². The normalized spacial score (nSPS) is 12.3. The molecular formula is C25H21F4N7O. The zero-order chi connectivity index (χ0) is 26.4. The van der Waals surface area contributed by atoms with Gasteiger partial charge in [-0.2, -0.15) is 18.3 Å². The average Bonchev–Trinajstić information content (AvgIpc) is 3.23. The highest BCUT2D eigenvalue weighted by Crippen LogP contribution is 2.25. The van der Waals surface area contributed by atoms with Crippen LogP contribution in [-0.4, -0.2) is 33.1 Å². The molecule has 0 aliphatic heterocycles. The van der Waals surface area contributed by atoms with Crippen LogP contribution in [-0.2, 0) is 11.3 Å². The van der Waals surface area contributed by atoms with Gasteiger partial charge in [-0.15, -0.1) is 0 Å². The lowest BCUT2D eigenvalue weighted by atomic mass is 10.0. The SMILES string of the molecule is Nc1n[nH]c2ncc(-c3ccc(CN/C(CC(=O)Nc4ccc(F)cc4)=N/C=C/C(F)(F)F)cc3)cc12. The van der Waals surface area contributed by atoms with Gasteiger partial charge >= 0.3 is 6.18 Å². The van der Waals surface area contributed by atoms with Crippen molar-refractivity contribution in [3.05, 3.63) is 84.5 Å². The highest BCUT2D eigenvalue weighted by molar-refractivity contribution is 6.05. The number of nitrogens with zero attached hydrogens (tertiary/aromatic N) is 3. The number of aromatic amines is 1. The summed E-state index contributed by atoms with van der Waals surface area (Å²) < 4.78 is 50.6. The fraction of sp³-hybridized carbons (Fsp3) is 0.120. The Morgan fingerprint density at radius 2 is 1.81 bits per heavy atom. The number of anilines is 2. The summed E-state index contributed by atoms with van der Waals surface area (Å²) in [5.41, 5.74) is 9.27. The number of aromatic nitrogens is 3. The van der Waals surface area contributed by atoms with Crippen LogP contribution >= 0.6 is 0 Å². The first kappa shape index (κ1) is 25.4. The molecule has 0 unspecified atom stereocenters. The third-order valence-electron chi connectivity index (χ3n) is 5.18. The molecule has 4 rings (SSSR count). The second-order valence-electron chi connectivity index (χ2n) is 7.94. The van der Waals surface area contributed by atoms with Crippen LogP contribution in [0.5, 0.6) is 0 Å². The fourth-order valence-corrected chi connectivity index (χ4v) is 3.36. The first-order valence-corrected chi connectivity index (χ1v) is 11.0. The number of pyridine rings is 1. The first-order chi connectivity index (χ1) is 17.7. The standard InChI is InChI=1S/C25H21F4N7O/c26-18-5-7-19(8-6-18)34-22(37)12-21(31-10-9-25(27,28)29)32-13-15-1-3-16(4-2-15)17-11-20-23(30)35-36-24(20)33-14-17/h1-11,14H,12-13H2,(H,31,32)(H,34,37)(H3,30,33,35,36)/b10-9+. The molecule has 2 aromatic carbocycles. The minimum Gasteiger partial charge on any atom is -0.382 e. The van der Waals surface area contributed by atoms with E-state index in [0.717, 1.165) is 16.7 Å². The van der Waals surface area contributed by atoms with Gasteiger partial charge in [0.15, 0.2) is 11.5 Å². The van der Waals surface area contributed by atoms with Crippen molar-refractivity contribution in [3.8, 4) is 11.1 Å². The number of amides is 1. The second kappa shape index (κ2) is 10.9. The Labute approximate surface area is 208 Å². The molecular weight excluding hydrogens is 490 g/mol. The lowest BCUT2D eigenvalue weighted by molar-refractivity contribution is -0.115. The van der Waals surface area contributed by atoms with E-state index in [2.05, 4.69) is 30.8 Å². The maximum Gasteiger partial charge on any atom is 0.411 e. The Balaban J connectivity index is 1.43. The smallest absolute Gasteiger partial charge is 0.382 e. The van der Waals surface area contributed by atoms with Crippen molar-refractivity contribution >= 4 is 34.3 Å². The highest BCUT2D eigenvalue weighted by atomic mass is 19.4. The number of H-pyrrole nitrogens is 1. The molecule has 0 saturated heterocycles. The summed E-state index contributed by atoms with van der Waals surface area (Å²) in [7, 11) is 0. The van der Waals surface area contributed by atoms with Gasteiger partial charge in [0, 0.05) is 36.3 Å². The summed E-state index contributed by atoms with van der Waals surface area (Å²) in [5.74, 6) is -0.628. The van der Waals surface area contributed by atoms with E-state index >= 15 is 0 Å². The number of carbonyl (C=O) groups excluding carboxylic acids is 1. The van der Waals surface area contributed by atoms with Crippen LogP contribution in [0, 0.1) is 5.82 Å². The first-order valence-electron chi connectivity index (χ1n) is 11.0. The zero-order valence-electron chi connectivity index (χ0n) is 19.2. The maximum absolute atomic E-state index is 13.1. The maximum atomic E-state index is 13.1. The lowest BCUT2D eigenvalue weighted by Gasteiger charge is -2.11. The number of halogens is 4. The number of amidine groups is 1. The number of nitrogens with one attached hydrogen (secondary N) is 3. The number of allylic oxidation sites excluding steroid dienone is 1. The molecule has 0 fully saturated rings. The predicted octanol–water partition coefficient (Wildman–Crippen LogP) is 4.94. The number of hydrogen-bond donors (Lipinski definition) is 4. The fourth-order valence-electron chi connectivity index (χ4n) is 3.36. The summed E-state index contributed by atoms with van der Waals surface area (Å²) in [5, 5.41) is 12.8. The minimum absolute atomic E-state index is 0.0225. The van der Waals surface area contributed by atoms with Crippen LogP contribution in [0.25, 0.3) is 22.2 Å². The van der Waals surface area contributed by atoms with E-state index in [-0.39, 0.29) is 24.9 Å². The van der Waals surface area contributed by atoms with Crippen LogP contribution in [0.2, 0.25) is 0 Å².